The quantitative estimate of drug-likeness (QED) is 0.262. The van der Waals surface area contributed by atoms with E-state index in [2.05, 4.69) is 4.99 Å². The lowest BCUT2D eigenvalue weighted by molar-refractivity contribution is -0.143. The zero-order chi connectivity index (χ0) is 27.9. The zero-order valence-electron chi connectivity index (χ0n) is 22.2. The van der Waals surface area contributed by atoms with Crippen molar-refractivity contribution >= 4 is 55.1 Å². The first-order valence-corrected chi connectivity index (χ1v) is 15.4. The molecule has 2 aromatic carbocycles. The topological polar surface area (TPSA) is 98.0 Å². The van der Waals surface area contributed by atoms with Gasteiger partial charge in [0.1, 0.15) is 6.54 Å². The van der Waals surface area contributed by atoms with Crippen LogP contribution < -0.4 is 4.80 Å². The first-order valence-electron chi connectivity index (χ1n) is 12.8. The molecule has 0 atom stereocenters. The molecule has 0 saturated carbocycles. The molecule has 0 aliphatic carbocycles. The van der Waals surface area contributed by atoms with Gasteiger partial charge in [0.05, 0.1) is 21.7 Å². The molecule has 0 spiro atoms. The lowest BCUT2D eigenvalue weighted by Gasteiger charge is -2.22. The third-order valence-electron chi connectivity index (χ3n) is 6.08. The maximum atomic E-state index is 13.2. The second-order valence-corrected chi connectivity index (χ2v) is 12.2. The van der Waals surface area contributed by atoms with Crippen LogP contribution in [-0.4, -0.2) is 48.9 Å². The lowest BCUT2D eigenvalue weighted by Crippen LogP contribution is -2.33. The number of hydrogen-bond donors (Lipinski definition) is 0. The number of fused-ring (bicyclic) bond motifs is 1. The van der Waals surface area contributed by atoms with Crippen molar-refractivity contribution in [2.75, 3.05) is 19.7 Å². The normalized spacial score (nSPS) is 12.4. The standard InChI is InChI=1S/C27H34ClN3O5S2/c1-5-8-16-30(17-9-6-2)38(34,35)21-12-10-20(11-13-21)26(33)29-27-31(18-24(32)36-7-3)25-19(4)22(28)14-15-23(25)37-27/h10-15H,5-9,16-18H2,1-4H3. The van der Waals surface area contributed by atoms with Gasteiger partial charge in [0.2, 0.25) is 10.0 Å². The fourth-order valence-corrected chi connectivity index (χ4v) is 6.73. The first kappa shape index (κ1) is 30.0. The van der Waals surface area contributed by atoms with Crippen molar-refractivity contribution in [3.63, 3.8) is 0 Å². The van der Waals surface area contributed by atoms with E-state index in [9.17, 15) is 18.0 Å². The molecule has 1 amide bonds. The molecule has 3 aromatic rings. The number of thiazole rings is 1. The van der Waals surface area contributed by atoms with E-state index in [0.717, 1.165) is 35.9 Å². The second-order valence-electron chi connectivity index (χ2n) is 8.85. The number of benzene rings is 2. The third kappa shape index (κ3) is 6.91. The Hall–Kier alpha value is -2.53. The van der Waals surface area contributed by atoms with Gasteiger partial charge in [-0.1, -0.05) is 49.6 Å². The number of hydrogen-bond acceptors (Lipinski definition) is 6. The predicted molar refractivity (Wildman–Crippen MR) is 151 cm³/mol. The second kappa shape index (κ2) is 13.5. The molecule has 11 heteroatoms. The Morgan fingerprint density at radius 2 is 1.66 bits per heavy atom. The molecular weight excluding hydrogens is 546 g/mol. The molecule has 38 heavy (non-hydrogen) atoms. The van der Waals surface area contributed by atoms with Crippen LogP contribution in [0.4, 0.5) is 0 Å². The molecule has 0 aliphatic rings. The van der Waals surface area contributed by atoms with E-state index in [1.807, 2.05) is 26.8 Å². The Morgan fingerprint density at radius 1 is 1.03 bits per heavy atom. The van der Waals surface area contributed by atoms with Crippen molar-refractivity contribution in [1.29, 1.82) is 0 Å². The average molecular weight is 580 g/mol. The zero-order valence-corrected chi connectivity index (χ0v) is 24.6. The van der Waals surface area contributed by atoms with Gasteiger partial charge >= 0.3 is 5.97 Å². The number of aryl methyl sites for hydroxylation is 1. The van der Waals surface area contributed by atoms with Crippen molar-refractivity contribution < 1.29 is 22.7 Å². The summed E-state index contributed by atoms with van der Waals surface area (Å²) in [6, 6.07) is 9.43. The SMILES string of the molecule is CCCCN(CCCC)S(=O)(=O)c1ccc(C(=O)N=c2sc3ccc(Cl)c(C)c3n2CC(=O)OCC)cc1. The Kier molecular flexibility index (Phi) is 10.7. The van der Waals surface area contributed by atoms with E-state index in [-0.39, 0.29) is 23.6 Å². The van der Waals surface area contributed by atoms with Gasteiger partial charge in [0.15, 0.2) is 4.80 Å². The fraction of sp³-hybridized carbons (Fsp3) is 0.444. The van der Waals surface area contributed by atoms with Gasteiger partial charge in [-0.3, -0.25) is 9.59 Å². The van der Waals surface area contributed by atoms with Crippen LogP contribution in [0.5, 0.6) is 0 Å². The molecule has 0 bridgehead atoms. The molecule has 0 saturated heterocycles. The van der Waals surface area contributed by atoms with E-state index in [0.29, 0.717) is 28.4 Å². The summed E-state index contributed by atoms with van der Waals surface area (Å²) in [7, 11) is -3.67. The first-order chi connectivity index (χ1) is 18.1. The number of ether oxygens (including phenoxy) is 1. The summed E-state index contributed by atoms with van der Waals surface area (Å²) in [6.45, 7) is 8.65. The maximum absolute atomic E-state index is 13.2. The van der Waals surface area contributed by atoms with Gasteiger partial charge in [-0.15, -0.1) is 0 Å². The molecule has 0 aliphatic heterocycles. The summed E-state index contributed by atoms with van der Waals surface area (Å²) in [5.41, 5.74) is 1.72. The third-order valence-corrected chi connectivity index (χ3v) is 9.45. The Bertz CT molecular complexity index is 1450. The number of carbonyl (C=O) groups excluding carboxylic acids is 2. The summed E-state index contributed by atoms with van der Waals surface area (Å²) < 4.78 is 35.6. The number of amides is 1. The van der Waals surface area contributed by atoms with Crippen LogP contribution in [0.3, 0.4) is 0 Å². The molecule has 0 N–H and O–H groups in total. The number of halogens is 1. The summed E-state index contributed by atoms with van der Waals surface area (Å²) in [5.74, 6) is -0.999. The highest BCUT2D eigenvalue weighted by molar-refractivity contribution is 7.89. The number of esters is 1. The number of unbranched alkanes of at least 4 members (excludes halogenated alkanes) is 2. The van der Waals surface area contributed by atoms with E-state index in [1.54, 1.807) is 17.6 Å². The van der Waals surface area contributed by atoms with Crippen LogP contribution in [0.1, 0.15) is 62.4 Å². The molecule has 0 radical (unpaired) electrons. The van der Waals surface area contributed by atoms with Crippen LogP contribution in [0.2, 0.25) is 5.02 Å². The van der Waals surface area contributed by atoms with Crippen molar-refractivity contribution in [3.8, 4) is 0 Å². The minimum atomic E-state index is -3.67. The van der Waals surface area contributed by atoms with Crippen molar-refractivity contribution in [2.24, 2.45) is 4.99 Å². The van der Waals surface area contributed by atoms with E-state index < -0.39 is 21.9 Å². The number of sulfonamides is 1. The highest BCUT2D eigenvalue weighted by Gasteiger charge is 2.24. The summed E-state index contributed by atoms with van der Waals surface area (Å²) in [6.07, 6.45) is 3.35. The summed E-state index contributed by atoms with van der Waals surface area (Å²) >= 11 is 7.59. The highest BCUT2D eigenvalue weighted by atomic mass is 35.5. The molecule has 1 heterocycles. The average Bonchev–Trinajstić information content (AvgIpc) is 3.23. The number of aromatic nitrogens is 1. The van der Waals surface area contributed by atoms with Crippen LogP contribution in [0, 0.1) is 6.92 Å². The van der Waals surface area contributed by atoms with Gasteiger partial charge in [-0.25, -0.2) is 8.42 Å². The number of rotatable bonds is 12. The summed E-state index contributed by atoms with van der Waals surface area (Å²) in [5, 5.41) is 0.537. The lowest BCUT2D eigenvalue weighted by atomic mass is 10.2. The predicted octanol–water partition coefficient (Wildman–Crippen LogP) is 5.56. The highest BCUT2D eigenvalue weighted by Crippen LogP contribution is 2.27. The molecule has 1 aromatic heterocycles. The monoisotopic (exact) mass is 579 g/mol. The van der Waals surface area contributed by atoms with E-state index in [4.69, 9.17) is 16.3 Å². The van der Waals surface area contributed by atoms with Crippen molar-refractivity contribution in [3.05, 3.63) is 57.3 Å². The van der Waals surface area contributed by atoms with Crippen LogP contribution >= 0.6 is 22.9 Å². The van der Waals surface area contributed by atoms with Crippen molar-refractivity contribution in [1.82, 2.24) is 8.87 Å². The molecule has 206 valence electrons. The minimum absolute atomic E-state index is 0.121. The van der Waals surface area contributed by atoms with Crippen LogP contribution in [-0.2, 0) is 26.1 Å². The summed E-state index contributed by atoms with van der Waals surface area (Å²) in [4.78, 5) is 30.2. The minimum Gasteiger partial charge on any atom is -0.465 e. The fourth-order valence-electron chi connectivity index (χ4n) is 3.97. The van der Waals surface area contributed by atoms with Crippen LogP contribution in [0.25, 0.3) is 10.2 Å². The number of carbonyl (C=O) groups is 2. The molecular formula is C27H34ClN3O5S2. The van der Waals surface area contributed by atoms with Gasteiger partial charge in [-0.2, -0.15) is 9.30 Å². The van der Waals surface area contributed by atoms with Gasteiger partial charge in [-0.05, 0) is 68.7 Å². The largest absolute Gasteiger partial charge is 0.465 e. The van der Waals surface area contributed by atoms with E-state index >= 15 is 0 Å². The molecule has 0 fully saturated rings. The maximum Gasteiger partial charge on any atom is 0.326 e. The van der Waals surface area contributed by atoms with Gasteiger partial charge in [0.25, 0.3) is 5.91 Å². The van der Waals surface area contributed by atoms with Crippen molar-refractivity contribution in [2.45, 2.75) is 64.8 Å². The van der Waals surface area contributed by atoms with Gasteiger partial charge < -0.3 is 9.30 Å². The molecule has 0 unspecified atom stereocenters. The number of nitrogens with zero attached hydrogens (tertiary/aromatic N) is 3. The Labute approximate surface area is 233 Å². The van der Waals surface area contributed by atoms with Gasteiger partial charge in [0, 0.05) is 23.7 Å². The van der Waals surface area contributed by atoms with Crippen LogP contribution in [0.15, 0.2) is 46.3 Å². The smallest absolute Gasteiger partial charge is 0.326 e. The Morgan fingerprint density at radius 3 is 2.24 bits per heavy atom. The molecule has 8 nitrogen and oxygen atoms in total. The van der Waals surface area contributed by atoms with E-state index in [1.165, 1.54) is 39.9 Å². The Balaban J connectivity index is 1.97. The molecule has 3 rings (SSSR count).